The second-order valence-electron chi connectivity index (χ2n) is 6.34. The number of fused-ring (bicyclic) bond motifs is 1. The Hall–Kier alpha value is -2.97. The monoisotopic (exact) mass is 452 g/mol. The van der Waals surface area contributed by atoms with Crippen LogP contribution in [0.3, 0.4) is 0 Å². The first kappa shape index (κ1) is 21.7. The van der Waals surface area contributed by atoms with Crippen molar-refractivity contribution >= 4 is 46.7 Å². The average molecular weight is 453 g/mol. The molecule has 0 bridgehead atoms. The van der Waals surface area contributed by atoms with Crippen LogP contribution in [0, 0.1) is 0 Å². The van der Waals surface area contributed by atoms with Gasteiger partial charge in [-0.25, -0.2) is 4.79 Å². The summed E-state index contributed by atoms with van der Waals surface area (Å²) in [6.45, 7) is -0.0823. The zero-order valence-corrected chi connectivity index (χ0v) is 17.5. The van der Waals surface area contributed by atoms with Crippen LogP contribution in [0.5, 0.6) is 11.5 Å². The molecule has 10 heteroatoms. The third-order valence-electron chi connectivity index (χ3n) is 4.11. The molecule has 0 fully saturated rings. The van der Waals surface area contributed by atoms with Gasteiger partial charge in [0.25, 0.3) is 5.91 Å². The van der Waals surface area contributed by atoms with Crippen LogP contribution in [0.1, 0.15) is 10.4 Å². The third kappa shape index (κ3) is 5.34. The van der Waals surface area contributed by atoms with E-state index in [9.17, 15) is 14.4 Å². The molecule has 2 aromatic rings. The Morgan fingerprint density at radius 2 is 1.83 bits per heavy atom. The Kier molecular flexibility index (Phi) is 7.02. The molecule has 2 aromatic carbocycles. The molecule has 1 N–H and O–H groups in total. The van der Waals surface area contributed by atoms with Gasteiger partial charge in [-0.1, -0.05) is 35.3 Å². The van der Waals surface area contributed by atoms with Crippen molar-refractivity contribution in [3.63, 3.8) is 0 Å². The quantitative estimate of drug-likeness (QED) is 0.676. The number of halogens is 2. The fourth-order valence-corrected chi connectivity index (χ4v) is 3.05. The van der Waals surface area contributed by atoms with Crippen LogP contribution < -0.4 is 14.8 Å². The average Bonchev–Trinajstić information content (AvgIpc) is 2.73. The van der Waals surface area contributed by atoms with Gasteiger partial charge in [0.15, 0.2) is 18.1 Å². The number of amides is 2. The third-order valence-corrected chi connectivity index (χ3v) is 4.72. The SMILES string of the molecule is CN(CC(=O)Nc1ccccc1Cl)C(=O)COC(=O)c1cc(Cl)c2c(c1)OCCO2. The number of anilines is 1. The number of ether oxygens (including phenoxy) is 3. The van der Waals surface area contributed by atoms with Gasteiger partial charge in [0, 0.05) is 7.05 Å². The van der Waals surface area contributed by atoms with E-state index in [4.69, 9.17) is 37.4 Å². The first-order chi connectivity index (χ1) is 14.3. The summed E-state index contributed by atoms with van der Waals surface area (Å²) in [5.41, 5.74) is 0.558. The molecule has 0 saturated heterocycles. The van der Waals surface area contributed by atoms with Crippen molar-refractivity contribution < 1.29 is 28.6 Å². The Morgan fingerprint density at radius 3 is 2.60 bits per heavy atom. The number of carbonyl (C=O) groups is 3. The van der Waals surface area contributed by atoms with Gasteiger partial charge in [-0.15, -0.1) is 0 Å². The standard InChI is InChI=1S/C20H18Cl2N2O6/c1-24(10-17(25)23-15-5-3-2-4-13(15)21)18(26)11-30-20(27)12-8-14(22)19-16(9-12)28-6-7-29-19/h2-5,8-9H,6-7,10-11H2,1H3,(H,23,25). The summed E-state index contributed by atoms with van der Waals surface area (Å²) in [7, 11) is 1.42. The van der Waals surface area contributed by atoms with Crippen molar-refractivity contribution in [2.45, 2.75) is 0 Å². The number of esters is 1. The summed E-state index contributed by atoms with van der Waals surface area (Å²) in [4.78, 5) is 37.7. The number of hydrogen-bond acceptors (Lipinski definition) is 6. The minimum absolute atomic E-state index is 0.121. The molecule has 1 aliphatic rings. The van der Waals surface area contributed by atoms with E-state index in [-0.39, 0.29) is 17.1 Å². The molecule has 2 amide bonds. The van der Waals surface area contributed by atoms with Gasteiger partial charge in [-0.2, -0.15) is 0 Å². The number of rotatable bonds is 6. The summed E-state index contributed by atoms with van der Waals surface area (Å²) in [5.74, 6) is -1.05. The zero-order chi connectivity index (χ0) is 21.7. The van der Waals surface area contributed by atoms with Gasteiger partial charge in [0.05, 0.1) is 27.8 Å². The molecule has 0 unspecified atom stereocenters. The largest absolute Gasteiger partial charge is 0.486 e. The van der Waals surface area contributed by atoms with Crippen molar-refractivity contribution in [3.8, 4) is 11.5 Å². The summed E-state index contributed by atoms with van der Waals surface area (Å²) in [6, 6.07) is 9.55. The van der Waals surface area contributed by atoms with E-state index in [0.717, 1.165) is 4.90 Å². The molecular formula is C20H18Cl2N2O6. The molecule has 0 spiro atoms. The minimum atomic E-state index is -0.754. The predicted octanol–water partition coefficient (Wildman–Crippen LogP) is 3.02. The molecule has 0 aliphatic carbocycles. The van der Waals surface area contributed by atoms with Gasteiger partial charge in [-0.05, 0) is 24.3 Å². The Bertz CT molecular complexity index is 982. The molecule has 3 rings (SSSR count). The van der Waals surface area contributed by atoms with Crippen molar-refractivity contribution in [3.05, 3.63) is 52.0 Å². The summed E-state index contributed by atoms with van der Waals surface area (Å²) in [6.07, 6.45) is 0. The zero-order valence-electron chi connectivity index (χ0n) is 15.9. The van der Waals surface area contributed by atoms with Gasteiger partial charge in [0.1, 0.15) is 13.2 Å². The normalized spacial score (nSPS) is 12.1. The van der Waals surface area contributed by atoms with Gasteiger partial charge < -0.3 is 24.4 Å². The number of benzene rings is 2. The number of carbonyl (C=O) groups excluding carboxylic acids is 3. The number of nitrogens with one attached hydrogen (secondary N) is 1. The Balaban J connectivity index is 1.52. The molecular weight excluding hydrogens is 435 g/mol. The van der Waals surface area contributed by atoms with Crippen molar-refractivity contribution in [1.29, 1.82) is 0 Å². The minimum Gasteiger partial charge on any atom is -0.486 e. The molecule has 8 nitrogen and oxygen atoms in total. The first-order valence-corrected chi connectivity index (χ1v) is 9.65. The van der Waals surface area contributed by atoms with Crippen LogP contribution in [0.25, 0.3) is 0 Å². The number of para-hydroxylation sites is 1. The maximum Gasteiger partial charge on any atom is 0.338 e. The van der Waals surface area contributed by atoms with Crippen molar-refractivity contribution in [2.75, 3.05) is 38.7 Å². The van der Waals surface area contributed by atoms with E-state index in [1.54, 1.807) is 24.3 Å². The van der Waals surface area contributed by atoms with Crippen molar-refractivity contribution in [2.24, 2.45) is 0 Å². The van der Waals surface area contributed by atoms with E-state index >= 15 is 0 Å². The lowest BCUT2D eigenvalue weighted by Crippen LogP contribution is -2.37. The fourth-order valence-electron chi connectivity index (χ4n) is 2.61. The van der Waals surface area contributed by atoms with E-state index in [0.29, 0.717) is 35.4 Å². The second-order valence-corrected chi connectivity index (χ2v) is 7.15. The molecule has 0 aromatic heterocycles. The summed E-state index contributed by atoms with van der Waals surface area (Å²) in [5, 5.41) is 3.20. The summed E-state index contributed by atoms with van der Waals surface area (Å²) >= 11 is 12.1. The van der Waals surface area contributed by atoms with Crippen LogP contribution >= 0.6 is 23.2 Å². The highest BCUT2D eigenvalue weighted by Crippen LogP contribution is 2.38. The summed E-state index contributed by atoms with van der Waals surface area (Å²) < 4.78 is 15.8. The van der Waals surface area contributed by atoms with E-state index < -0.39 is 24.4 Å². The molecule has 1 aliphatic heterocycles. The lowest BCUT2D eigenvalue weighted by Gasteiger charge is -2.20. The van der Waals surface area contributed by atoms with E-state index in [1.165, 1.54) is 19.2 Å². The van der Waals surface area contributed by atoms with Gasteiger partial charge in [0.2, 0.25) is 5.91 Å². The maximum absolute atomic E-state index is 12.3. The predicted molar refractivity (Wildman–Crippen MR) is 110 cm³/mol. The fraction of sp³-hybridized carbons (Fsp3) is 0.250. The molecule has 1 heterocycles. The van der Waals surface area contributed by atoms with Crippen LogP contribution in [-0.2, 0) is 14.3 Å². The Labute approximate surface area is 182 Å². The van der Waals surface area contributed by atoms with Crippen LogP contribution in [0.4, 0.5) is 5.69 Å². The topological polar surface area (TPSA) is 94.2 Å². The van der Waals surface area contributed by atoms with E-state index in [1.807, 2.05) is 0 Å². The maximum atomic E-state index is 12.3. The Morgan fingerprint density at radius 1 is 1.10 bits per heavy atom. The lowest BCUT2D eigenvalue weighted by atomic mass is 10.2. The number of nitrogens with zero attached hydrogens (tertiary/aromatic N) is 1. The highest BCUT2D eigenvalue weighted by Gasteiger charge is 2.21. The molecule has 0 saturated carbocycles. The van der Waals surface area contributed by atoms with Gasteiger partial charge >= 0.3 is 5.97 Å². The van der Waals surface area contributed by atoms with Crippen LogP contribution in [-0.4, -0.2) is 56.1 Å². The van der Waals surface area contributed by atoms with E-state index in [2.05, 4.69) is 5.32 Å². The van der Waals surface area contributed by atoms with Gasteiger partial charge in [-0.3, -0.25) is 9.59 Å². The first-order valence-electron chi connectivity index (χ1n) is 8.89. The van der Waals surface area contributed by atoms with Crippen molar-refractivity contribution in [1.82, 2.24) is 4.90 Å². The van der Waals surface area contributed by atoms with Crippen LogP contribution in [0.15, 0.2) is 36.4 Å². The second kappa shape index (κ2) is 9.69. The molecule has 0 radical (unpaired) electrons. The highest BCUT2D eigenvalue weighted by atomic mass is 35.5. The molecule has 0 atom stereocenters. The lowest BCUT2D eigenvalue weighted by molar-refractivity contribution is -0.136. The molecule has 30 heavy (non-hydrogen) atoms. The smallest absolute Gasteiger partial charge is 0.338 e. The number of likely N-dealkylation sites (N-methyl/N-ethyl adjacent to an activating group) is 1. The number of hydrogen-bond donors (Lipinski definition) is 1. The molecule has 158 valence electrons. The highest BCUT2D eigenvalue weighted by molar-refractivity contribution is 6.33. The van der Waals surface area contributed by atoms with Crippen LogP contribution in [0.2, 0.25) is 10.0 Å².